The van der Waals surface area contributed by atoms with E-state index in [0.717, 1.165) is 37.1 Å². The Labute approximate surface area is 202 Å². The van der Waals surface area contributed by atoms with Gasteiger partial charge in [-0.15, -0.1) is 19.2 Å². The number of rotatable bonds is 11. The summed E-state index contributed by atoms with van der Waals surface area (Å²) in [6.45, 7) is 24.3. The summed E-state index contributed by atoms with van der Waals surface area (Å²) in [5.41, 5.74) is 5.59. The van der Waals surface area contributed by atoms with Gasteiger partial charge < -0.3 is 9.80 Å². The smallest absolute Gasteiger partial charge is 0.121 e. The number of nitrogens with zero attached hydrogens (tertiary/aromatic N) is 2. The minimum Gasteiger partial charge on any atom is -0.352 e. The molecule has 1 heterocycles. The summed E-state index contributed by atoms with van der Waals surface area (Å²) < 4.78 is 14.4. The average Bonchev–Trinajstić information content (AvgIpc) is 3.04. The molecule has 0 bridgehead atoms. The molecule has 0 spiro atoms. The molecule has 2 unspecified atom stereocenters. The molecule has 0 saturated carbocycles. The van der Waals surface area contributed by atoms with Crippen molar-refractivity contribution in [1.29, 1.82) is 0 Å². The van der Waals surface area contributed by atoms with Crippen molar-refractivity contribution in [3.63, 3.8) is 0 Å². The molecule has 4 heteroatoms. The van der Waals surface area contributed by atoms with Gasteiger partial charge in [-0.05, 0) is 66.4 Å². The molecule has 2 rings (SSSR count). The van der Waals surface area contributed by atoms with Crippen LogP contribution >= 0.6 is 12.6 Å². The van der Waals surface area contributed by atoms with E-state index in [1.54, 1.807) is 0 Å². The first-order valence-electron chi connectivity index (χ1n) is 12.3. The lowest BCUT2D eigenvalue weighted by Crippen LogP contribution is -2.43. The van der Waals surface area contributed by atoms with Crippen molar-refractivity contribution in [1.82, 2.24) is 9.80 Å². The van der Waals surface area contributed by atoms with Gasteiger partial charge in [-0.2, -0.15) is 0 Å². The summed E-state index contributed by atoms with van der Waals surface area (Å²) in [6.07, 6.45) is 9.19. The highest BCUT2D eigenvalue weighted by Gasteiger charge is 2.40. The van der Waals surface area contributed by atoms with Gasteiger partial charge in [-0.3, -0.25) is 0 Å². The number of halogens is 1. The molecule has 0 aromatic rings. The van der Waals surface area contributed by atoms with E-state index in [0.29, 0.717) is 11.8 Å². The lowest BCUT2D eigenvalue weighted by molar-refractivity contribution is 0.110. The average molecular weight is 461 g/mol. The molecule has 0 amide bonds. The molecule has 0 radical (unpaired) electrons. The normalized spacial score (nSPS) is 23.1. The summed E-state index contributed by atoms with van der Waals surface area (Å²) in [5.74, 6) is 1.05. The summed E-state index contributed by atoms with van der Waals surface area (Å²) in [5, 5.41) is 0. The fourth-order valence-electron chi connectivity index (χ4n) is 5.41. The van der Waals surface area contributed by atoms with Gasteiger partial charge >= 0.3 is 0 Å². The molecule has 2 nitrogen and oxygen atoms in total. The Morgan fingerprint density at radius 2 is 1.91 bits per heavy atom. The monoisotopic (exact) mass is 460 g/mol. The van der Waals surface area contributed by atoms with E-state index in [1.807, 2.05) is 6.92 Å². The van der Waals surface area contributed by atoms with Crippen LogP contribution in [0.1, 0.15) is 74.1 Å². The van der Waals surface area contributed by atoms with Gasteiger partial charge in [0.2, 0.25) is 0 Å². The van der Waals surface area contributed by atoms with Crippen molar-refractivity contribution in [2.24, 2.45) is 23.7 Å². The molecule has 180 valence electrons. The number of hydrogen-bond donors (Lipinski definition) is 1. The third-order valence-corrected chi connectivity index (χ3v) is 7.83. The second kappa shape index (κ2) is 11.6. The predicted octanol–water partition coefficient (Wildman–Crippen LogP) is 8.10. The van der Waals surface area contributed by atoms with E-state index in [-0.39, 0.29) is 18.0 Å². The van der Waals surface area contributed by atoms with Gasteiger partial charge in [-0.1, -0.05) is 60.3 Å². The SMILES string of the molecule is C=CC(F)[C@@H](C)[C@@H](C)[C@H](C)CN1C2=C(C=CCC2)N(/C(C)=C(/CC)C(C)C)C1CC(=C)S. The fraction of sp³-hybridized carbons (Fsp3) is 0.643. The van der Waals surface area contributed by atoms with Crippen LogP contribution in [0.25, 0.3) is 0 Å². The van der Waals surface area contributed by atoms with E-state index in [4.69, 9.17) is 0 Å². The van der Waals surface area contributed by atoms with Crippen LogP contribution in [0.3, 0.4) is 0 Å². The van der Waals surface area contributed by atoms with Crippen molar-refractivity contribution in [3.05, 3.63) is 59.0 Å². The van der Waals surface area contributed by atoms with Crippen LogP contribution in [0.4, 0.5) is 4.39 Å². The van der Waals surface area contributed by atoms with Crippen molar-refractivity contribution in [3.8, 4) is 0 Å². The number of allylic oxidation sites excluding steroid dienone is 6. The van der Waals surface area contributed by atoms with Crippen LogP contribution < -0.4 is 0 Å². The van der Waals surface area contributed by atoms with Crippen LogP contribution in [-0.4, -0.2) is 28.7 Å². The molecule has 0 aromatic heterocycles. The third-order valence-electron chi connectivity index (χ3n) is 7.64. The van der Waals surface area contributed by atoms with Crippen molar-refractivity contribution >= 4 is 12.6 Å². The summed E-state index contributed by atoms with van der Waals surface area (Å²) >= 11 is 4.61. The van der Waals surface area contributed by atoms with Gasteiger partial charge in [0.25, 0.3) is 0 Å². The molecular formula is C28H45FN2S. The first-order chi connectivity index (χ1) is 15.0. The van der Waals surface area contributed by atoms with Gasteiger partial charge in [0.05, 0.1) is 5.70 Å². The fourth-order valence-corrected chi connectivity index (χ4v) is 5.58. The molecule has 1 aliphatic carbocycles. The number of thiol groups is 1. The number of hydrogen-bond acceptors (Lipinski definition) is 3. The molecule has 0 N–H and O–H groups in total. The van der Waals surface area contributed by atoms with Gasteiger partial charge in [-0.25, -0.2) is 4.39 Å². The Hall–Kier alpha value is -1.42. The minimum absolute atomic E-state index is 0.0477. The molecular weight excluding hydrogens is 415 g/mol. The zero-order valence-electron chi connectivity index (χ0n) is 21.4. The summed E-state index contributed by atoms with van der Waals surface area (Å²) in [4.78, 5) is 6.01. The highest BCUT2D eigenvalue weighted by molar-refractivity contribution is 7.84. The first-order valence-corrected chi connectivity index (χ1v) is 12.8. The Morgan fingerprint density at radius 3 is 2.44 bits per heavy atom. The second-order valence-corrected chi connectivity index (χ2v) is 10.7. The maximum absolute atomic E-state index is 14.4. The Bertz CT molecular complexity index is 778. The highest BCUT2D eigenvalue weighted by Crippen LogP contribution is 2.43. The lowest BCUT2D eigenvalue weighted by Gasteiger charge is -2.39. The Kier molecular flexibility index (Phi) is 9.75. The van der Waals surface area contributed by atoms with E-state index < -0.39 is 6.17 Å². The standard InChI is InChI=1S/C28H45FN2S/c1-10-24(18(3)4)23(9)31-27-15-13-12-14-26(27)30(28(31)16-20(6)32)17-19(5)21(7)22(8)25(29)11-2/h11,13,15,18-19,21-22,25,28,32H,2,6,10,12,14,16-17H2,1,3-5,7-9H3/b24-23-/t19-,21+,22+,25?,28?/m1/s1. The lowest BCUT2D eigenvalue weighted by atomic mass is 9.82. The van der Waals surface area contributed by atoms with E-state index >= 15 is 0 Å². The first kappa shape index (κ1) is 26.8. The summed E-state index contributed by atoms with van der Waals surface area (Å²) in [7, 11) is 0. The minimum atomic E-state index is -0.966. The molecule has 32 heavy (non-hydrogen) atoms. The van der Waals surface area contributed by atoms with Crippen LogP contribution in [0.2, 0.25) is 0 Å². The van der Waals surface area contributed by atoms with Crippen molar-refractivity contribution < 1.29 is 4.39 Å². The largest absolute Gasteiger partial charge is 0.352 e. The predicted molar refractivity (Wildman–Crippen MR) is 141 cm³/mol. The maximum atomic E-state index is 14.4. The second-order valence-electron chi connectivity index (χ2n) is 10.0. The van der Waals surface area contributed by atoms with E-state index in [2.05, 4.69) is 89.3 Å². The maximum Gasteiger partial charge on any atom is 0.121 e. The summed E-state index contributed by atoms with van der Waals surface area (Å²) in [6, 6.07) is 0. The molecule has 1 aliphatic heterocycles. The van der Waals surface area contributed by atoms with Gasteiger partial charge in [0, 0.05) is 24.4 Å². The zero-order chi connectivity index (χ0) is 24.2. The van der Waals surface area contributed by atoms with Crippen LogP contribution in [0.5, 0.6) is 0 Å². The van der Waals surface area contributed by atoms with Crippen LogP contribution in [0.15, 0.2) is 59.0 Å². The topological polar surface area (TPSA) is 6.48 Å². The van der Waals surface area contributed by atoms with Crippen molar-refractivity contribution in [2.45, 2.75) is 86.5 Å². The van der Waals surface area contributed by atoms with E-state index in [1.165, 1.54) is 28.7 Å². The highest BCUT2D eigenvalue weighted by atomic mass is 32.1. The van der Waals surface area contributed by atoms with Crippen molar-refractivity contribution in [2.75, 3.05) is 6.54 Å². The van der Waals surface area contributed by atoms with Gasteiger partial charge in [0.1, 0.15) is 12.3 Å². The molecule has 0 saturated heterocycles. The zero-order valence-corrected chi connectivity index (χ0v) is 22.3. The molecule has 2 aliphatic rings. The van der Waals surface area contributed by atoms with E-state index in [9.17, 15) is 4.39 Å². The molecule has 5 atom stereocenters. The Morgan fingerprint density at radius 1 is 1.25 bits per heavy atom. The van der Waals surface area contributed by atoms with Gasteiger partial charge in [0.15, 0.2) is 0 Å². The third kappa shape index (κ3) is 5.73. The quantitative estimate of drug-likeness (QED) is 0.246. The molecule has 0 fully saturated rings. The Balaban J connectivity index is 2.47. The van der Waals surface area contributed by atoms with Crippen LogP contribution in [-0.2, 0) is 0 Å². The van der Waals surface area contributed by atoms with Crippen LogP contribution in [0, 0.1) is 23.7 Å². The number of alkyl halides is 1. The molecule has 0 aromatic carbocycles.